The molecule has 0 spiro atoms. The van der Waals surface area contributed by atoms with Gasteiger partial charge in [-0.15, -0.1) is 0 Å². The number of nitrogens with zero attached hydrogens (tertiary/aromatic N) is 2. The van der Waals surface area contributed by atoms with Crippen molar-refractivity contribution in [1.29, 1.82) is 0 Å². The highest BCUT2D eigenvalue weighted by Crippen LogP contribution is 2.58. The van der Waals surface area contributed by atoms with Crippen LogP contribution in [0.1, 0.15) is 62.6 Å². The number of fused-ring (bicyclic) bond motifs is 3. The Morgan fingerprint density at radius 3 is 2.37 bits per heavy atom. The van der Waals surface area contributed by atoms with Crippen molar-refractivity contribution in [3.8, 4) is 5.75 Å². The van der Waals surface area contributed by atoms with Crippen LogP contribution in [0, 0.1) is 5.92 Å². The summed E-state index contributed by atoms with van der Waals surface area (Å²) in [6, 6.07) is 4.51. The predicted octanol–water partition coefficient (Wildman–Crippen LogP) is 5.61. The molecule has 2 aliphatic rings. The lowest BCUT2D eigenvalue weighted by Crippen LogP contribution is -2.47. The Kier molecular flexibility index (Phi) is 11.0. The van der Waals surface area contributed by atoms with E-state index in [1.807, 2.05) is 28.2 Å². The van der Waals surface area contributed by atoms with Gasteiger partial charge in [0.2, 0.25) is 0 Å². The molecule has 0 aromatic heterocycles. The van der Waals surface area contributed by atoms with E-state index in [1.165, 1.54) is 27.8 Å². The maximum atomic E-state index is 13.9. The summed E-state index contributed by atoms with van der Waals surface area (Å²) in [6.45, 7) is 8.93. The average molecular weight is 553 g/mol. The SMILES string of the molecule is COCCOCOCC1=C(C)[C@H]2CCc3c(ccc(C(C)C)c3OC)[C@]2(COP(=O)(N(C)C)N(C)C)CC1. The summed E-state index contributed by atoms with van der Waals surface area (Å²) < 4.78 is 46.2. The minimum Gasteiger partial charge on any atom is -0.496 e. The van der Waals surface area contributed by atoms with Gasteiger partial charge in [0, 0.05) is 12.5 Å². The van der Waals surface area contributed by atoms with Gasteiger partial charge in [0.1, 0.15) is 12.5 Å². The summed E-state index contributed by atoms with van der Waals surface area (Å²) >= 11 is 0. The summed E-state index contributed by atoms with van der Waals surface area (Å²) in [5, 5.41) is 0. The van der Waals surface area contributed by atoms with Crippen LogP contribution in [0.5, 0.6) is 5.75 Å². The first kappa shape index (κ1) is 31.3. The number of methoxy groups -OCH3 is 2. The van der Waals surface area contributed by atoms with E-state index in [4.69, 9.17) is 23.5 Å². The Morgan fingerprint density at radius 2 is 1.76 bits per heavy atom. The van der Waals surface area contributed by atoms with Crippen LogP contribution in [0.4, 0.5) is 0 Å². The molecule has 0 amide bonds. The van der Waals surface area contributed by atoms with Crippen LogP contribution in [0.25, 0.3) is 0 Å². The molecule has 0 unspecified atom stereocenters. The Labute approximate surface area is 230 Å². The quantitative estimate of drug-likeness (QED) is 0.128. The van der Waals surface area contributed by atoms with Crippen molar-refractivity contribution in [3.05, 3.63) is 40.0 Å². The van der Waals surface area contributed by atoms with E-state index in [0.717, 1.165) is 31.4 Å². The summed E-state index contributed by atoms with van der Waals surface area (Å²) in [5.74, 6) is 1.64. The Balaban J connectivity index is 2.00. The predicted molar refractivity (Wildman–Crippen MR) is 152 cm³/mol. The maximum Gasteiger partial charge on any atom is 0.345 e. The average Bonchev–Trinajstić information content (AvgIpc) is 2.89. The Hall–Kier alpha value is -1.25. The monoisotopic (exact) mass is 552 g/mol. The Morgan fingerprint density at radius 1 is 1.05 bits per heavy atom. The molecule has 0 heterocycles. The fourth-order valence-electron chi connectivity index (χ4n) is 6.22. The fourth-order valence-corrected chi connectivity index (χ4v) is 7.79. The molecular formula is C29H49N2O6P. The van der Waals surface area contributed by atoms with Crippen LogP contribution < -0.4 is 4.74 Å². The molecule has 1 aromatic carbocycles. The zero-order valence-electron chi connectivity index (χ0n) is 25.0. The molecule has 9 heteroatoms. The zero-order chi connectivity index (χ0) is 28.1. The van der Waals surface area contributed by atoms with Gasteiger partial charge in [-0.2, -0.15) is 0 Å². The van der Waals surface area contributed by atoms with Crippen molar-refractivity contribution in [2.24, 2.45) is 5.92 Å². The lowest BCUT2D eigenvalue weighted by molar-refractivity contribution is -0.0602. The van der Waals surface area contributed by atoms with Gasteiger partial charge in [-0.3, -0.25) is 4.57 Å². The molecule has 0 fully saturated rings. The molecule has 1 aromatic rings. The van der Waals surface area contributed by atoms with Crippen molar-refractivity contribution < 1.29 is 28.0 Å². The smallest absolute Gasteiger partial charge is 0.345 e. The molecule has 0 N–H and O–H groups in total. The fraction of sp³-hybridized carbons (Fsp3) is 0.724. The molecule has 0 radical (unpaired) electrons. The molecule has 2 atom stereocenters. The summed E-state index contributed by atoms with van der Waals surface area (Å²) in [4.78, 5) is 0. The largest absolute Gasteiger partial charge is 0.496 e. The molecule has 3 rings (SSSR count). The highest BCUT2D eigenvalue weighted by Gasteiger charge is 2.50. The van der Waals surface area contributed by atoms with Gasteiger partial charge < -0.3 is 23.5 Å². The summed E-state index contributed by atoms with van der Waals surface area (Å²) in [6.07, 6.45) is 3.72. The first-order valence-electron chi connectivity index (χ1n) is 13.7. The maximum absolute atomic E-state index is 13.9. The van der Waals surface area contributed by atoms with Crippen LogP contribution in [0.15, 0.2) is 23.3 Å². The van der Waals surface area contributed by atoms with Gasteiger partial charge in [0.05, 0.1) is 33.5 Å². The van der Waals surface area contributed by atoms with Gasteiger partial charge in [0.15, 0.2) is 0 Å². The highest BCUT2D eigenvalue weighted by molar-refractivity contribution is 7.53. The third kappa shape index (κ3) is 6.22. The van der Waals surface area contributed by atoms with Crippen molar-refractivity contribution in [3.63, 3.8) is 0 Å². The standard InChI is InChI=1S/C29H49N2O6P/c1-21(2)24-10-13-27-25(28(24)34-9)11-12-26-22(3)23(18-36-20-35-17-16-33-8)14-15-29(26,27)19-37-38(32,30(4)5)31(6)7/h10,13,21,26H,11-12,14-20H2,1-9H3/t26-,29+/m1/s1. The number of benzene rings is 1. The lowest BCUT2D eigenvalue weighted by atomic mass is 9.56. The molecule has 0 saturated heterocycles. The van der Waals surface area contributed by atoms with E-state index in [0.29, 0.717) is 32.3 Å². The zero-order valence-corrected chi connectivity index (χ0v) is 25.9. The molecule has 0 saturated carbocycles. The third-order valence-electron chi connectivity index (χ3n) is 8.33. The molecular weight excluding hydrogens is 503 g/mol. The minimum absolute atomic E-state index is 0.256. The van der Waals surface area contributed by atoms with Gasteiger partial charge in [-0.1, -0.05) is 31.6 Å². The van der Waals surface area contributed by atoms with Crippen molar-refractivity contribution >= 4 is 7.67 Å². The lowest BCUT2D eigenvalue weighted by Gasteiger charge is -2.50. The number of hydrogen-bond donors (Lipinski definition) is 0. The second-order valence-corrected chi connectivity index (χ2v) is 14.1. The van der Waals surface area contributed by atoms with E-state index in [9.17, 15) is 4.57 Å². The molecule has 38 heavy (non-hydrogen) atoms. The second-order valence-electron chi connectivity index (χ2n) is 11.2. The van der Waals surface area contributed by atoms with E-state index in [2.05, 4.69) is 32.9 Å². The van der Waals surface area contributed by atoms with E-state index in [1.54, 1.807) is 23.6 Å². The molecule has 0 bridgehead atoms. The van der Waals surface area contributed by atoms with Gasteiger partial charge in [-0.05, 0) is 94.9 Å². The van der Waals surface area contributed by atoms with Gasteiger partial charge in [0.25, 0.3) is 0 Å². The van der Waals surface area contributed by atoms with Crippen LogP contribution in [0.2, 0.25) is 0 Å². The van der Waals surface area contributed by atoms with Gasteiger partial charge >= 0.3 is 7.67 Å². The highest BCUT2D eigenvalue weighted by atomic mass is 31.2. The molecule has 2 aliphatic carbocycles. The number of allylic oxidation sites excluding steroid dienone is 1. The molecule has 216 valence electrons. The van der Waals surface area contributed by atoms with Crippen molar-refractivity contribution in [2.45, 2.75) is 57.8 Å². The van der Waals surface area contributed by atoms with E-state index < -0.39 is 7.67 Å². The first-order valence-corrected chi connectivity index (χ1v) is 15.2. The van der Waals surface area contributed by atoms with Crippen LogP contribution in [0.3, 0.4) is 0 Å². The normalized spacial score (nSPS) is 21.8. The second kappa shape index (κ2) is 13.4. The van der Waals surface area contributed by atoms with E-state index in [-0.39, 0.29) is 18.1 Å². The van der Waals surface area contributed by atoms with E-state index >= 15 is 0 Å². The number of rotatable bonds is 14. The van der Waals surface area contributed by atoms with Crippen LogP contribution in [-0.4, -0.2) is 85.0 Å². The third-order valence-corrected chi connectivity index (χ3v) is 10.8. The first-order chi connectivity index (χ1) is 18.0. The van der Waals surface area contributed by atoms with Crippen LogP contribution in [-0.2, 0) is 35.1 Å². The number of hydrogen-bond acceptors (Lipinski definition) is 6. The Bertz CT molecular complexity index is 1010. The van der Waals surface area contributed by atoms with Crippen LogP contribution >= 0.6 is 7.67 Å². The molecule has 8 nitrogen and oxygen atoms in total. The summed E-state index contributed by atoms with van der Waals surface area (Å²) in [5.41, 5.74) is 6.19. The minimum atomic E-state index is -3.15. The van der Waals surface area contributed by atoms with Gasteiger partial charge in [-0.25, -0.2) is 9.34 Å². The molecule has 0 aliphatic heterocycles. The summed E-state index contributed by atoms with van der Waals surface area (Å²) in [7, 11) is 7.56. The topological polar surface area (TPSA) is 69.7 Å². The number of ether oxygens (including phenoxy) is 4. The van der Waals surface area contributed by atoms with Crippen molar-refractivity contribution in [1.82, 2.24) is 9.34 Å². The van der Waals surface area contributed by atoms with Crippen molar-refractivity contribution in [2.75, 3.05) is 75.6 Å².